The van der Waals surface area contributed by atoms with Crippen LogP contribution in [0.5, 0.6) is 0 Å². The lowest BCUT2D eigenvalue weighted by atomic mass is 9.82. The smallest absolute Gasteiger partial charge is 0.0891 e. The van der Waals surface area contributed by atoms with Gasteiger partial charge in [0, 0.05) is 32.7 Å². The van der Waals surface area contributed by atoms with Gasteiger partial charge in [-0.1, -0.05) is 13.8 Å². The van der Waals surface area contributed by atoms with Crippen LogP contribution in [-0.2, 0) is 9.47 Å². The summed E-state index contributed by atoms with van der Waals surface area (Å²) in [7, 11) is 0. The molecule has 1 unspecified atom stereocenters. The van der Waals surface area contributed by atoms with Crippen molar-refractivity contribution in [1.29, 1.82) is 0 Å². The van der Waals surface area contributed by atoms with E-state index in [-0.39, 0.29) is 11.6 Å². The van der Waals surface area contributed by atoms with Crippen LogP contribution in [0.3, 0.4) is 0 Å². The normalized spacial score (nSPS) is 22.3. The van der Waals surface area contributed by atoms with Gasteiger partial charge in [-0.2, -0.15) is 0 Å². The zero-order valence-corrected chi connectivity index (χ0v) is 10.8. The van der Waals surface area contributed by atoms with Crippen LogP contribution in [0.25, 0.3) is 0 Å². The van der Waals surface area contributed by atoms with Crippen molar-refractivity contribution in [3.63, 3.8) is 0 Å². The van der Waals surface area contributed by atoms with Crippen molar-refractivity contribution in [3.05, 3.63) is 0 Å². The highest BCUT2D eigenvalue weighted by atomic mass is 16.5. The highest BCUT2D eigenvalue weighted by Crippen LogP contribution is 2.31. The van der Waals surface area contributed by atoms with E-state index in [9.17, 15) is 0 Å². The molecular weight excluding hydrogens is 204 g/mol. The van der Waals surface area contributed by atoms with Crippen LogP contribution in [0.4, 0.5) is 0 Å². The van der Waals surface area contributed by atoms with Crippen molar-refractivity contribution in [1.82, 2.24) is 5.43 Å². The van der Waals surface area contributed by atoms with E-state index in [2.05, 4.69) is 19.3 Å². The van der Waals surface area contributed by atoms with E-state index < -0.39 is 0 Å². The third-order valence-electron chi connectivity index (χ3n) is 3.31. The highest BCUT2D eigenvalue weighted by Gasteiger charge is 2.40. The molecule has 16 heavy (non-hydrogen) atoms. The molecule has 1 rings (SSSR count). The van der Waals surface area contributed by atoms with E-state index in [4.69, 9.17) is 15.3 Å². The summed E-state index contributed by atoms with van der Waals surface area (Å²) in [6, 6.07) is 0.219. The Labute approximate surface area is 98.8 Å². The monoisotopic (exact) mass is 230 g/mol. The second-order valence-corrected chi connectivity index (χ2v) is 4.96. The topological polar surface area (TPSA) is 56.5 Å². The van der Waals surface area contributed by atoms with Crippen molar-refractivity contribution in [2.45, 2.75) is 51.7 Å². The number of hydrogen-bond donors (Lipinski definition) is 2. The molecule has 0 aromatic rings. The van der Waals surface area contributed by atoms with Crippen molar-refractivity contribution in [2.75, 3.05) is 19.8 Å². The molecule has 0 spiro atoms. The molecule has 4 nitrogen and oxygen atoms in total. The lowest BCUT2D eigenvalue weighted by Gasteiger charge is -2.43. The third kappa shape index (κ3) is 3.42. The third-order valence-corrected chi connectivity index (χ3v) is 3.31. The Morgan fingerprint density at radius 2 is 2.00 bits per heavy atom. The van der Waals surface area contributed by atoms with Crippen LogP contribution in [0.15, 0.2) is 0 Å². The molecule has 4 heteroatoms. The SMILES string of the molecule is CCOC1(C(CC(C)C)NN)CCOCC1. The van der Waals surface area contributed by atoms with Gasteiger partial charge in [-0.3, -0.25) is 11.3 Å². The van der Waals surface area contributed by atoms with E-state index in [1.807, 2.05) is 6.92 Å². The molecule has 1 aliphatic heterocycles. The summed E-state index contributed by atoms with van der Waals surface area (Å²) in [5, 5.41) is 0. The van der Waals surface area contributed by atoms with E-state index in [0.717, 1.165) is 39.1 Å². The van der Waals surface area contributed by atoms with Gasteiger partial charge in [0.1, 0.15) is 0 Å². The first kappa shape index (κ1) is 13.9. The summed E-state index contributed by atoms with van der Waals surface area (Å²) in [6.45, 7) is 8.75. The largest absolute Gasteiger partial charge is 0.381 e. The van der Waals surface area contributed by atoms with Gasteiger partial charge in [0.15, 0.2) is 0 Å². The molecule has 0 aromatic carbocycles. The van der Waals surface area contributed by atoms with Gasteiger partial charge >= 0.3 is 0 Å². The number of ether oxygens (including phenoxy) is 2. The Bertz CT molecular complexity index is 186. The quantitative estimate of drug-likeness (QED) is 0.535. The maximum absolute atomic E-state index is 6.00. The van der Waals surface area contributed by atoms with Gasteiger partial charge in [0.25, 0.3) is 0 Å². The molecule has 1 saturated heterocycles. The Morgan fingerprint density at radius 3 is 2.44 bits per heavy atom. The fourth-order valence-corrected chi connectivity index (χ4v) is 2.50. The lowest BCUT2D eigenvalue weighted by Crippen LogP contribution is -2.57. The van der Waals surface area contributed by atoms with Crippen LogP contribution in [-0.4, -0.2) is 31.5 Å². The summed E-state index contributed by atoms with van der Waals surface area (Å²) < 4.78 is 11.4. The maximum Gasteiger partial charge on any atom is 0.0891 e. The van der Waals surface area contributed by atoms with Crippen molar-refractivity contribution < 1.29 is 9.47 Å². The van der Waals surface area contributed by atoms with E-state index in [1.165, 1.54) is 0 Å². The molecule has 1 atom stereocenters. The average Bonchev–Trinajstić information content (AvgIpc) is 2.27. The minimum atomic E-state index is -0.133. The first-order valence-electron chi connectivity index (χ1n) is 6.32. The molecule has 1 fully saturated rings. The summed E-state index contributed by atoms with van der Waals surface area (Å²) in [5.74, 6) is 6.31. The van der Waals surface area contributed by atoms with Crippen molar-refractivity contribution in [3.8, 4) is 0 Å². The summed E-state index contributed by atoms with van der Waals surface area (Å²) >= 11 is 0. The Kier molecular flexibility index (Phi) is 5.69. The lowest BCUT2D eigenvalue weighted by molar-refractivity contribution is -0.129. The molecule has 0 aliphatic carbocycles. The Balaban J connectivity index is 2.71. The van der Waals surface area contributed by atoms with Gasteiger partial charge < -0.3 is 9.47 Å². The second kappa shape index (κ2) is 6.55. The van der Waals surface area contributed by atoms with Crippen molar-refractivity contribution in [2.24, 2.45) is 11.8 Å². The van der Waals surface area contributed by atoms with E-state index in [1.54, 1.807) is 0 Å². The predicted octanol–water partition coefficient (Wildman–Crippen LogP) is 1.45. The summed E-state index contributed by atoms with van der Waals surface area (Å²) in [4.78, 5) is 0. The summed E-state index contributed by atoms with van der Waals surface area (Å²) in [5.41, 5.74) is 2.82. The molecule has 0 saturated carbocycles. The van der Waals surface area contributed by atoms with E-state index >= 15 is 0 Å². The van der Waals surface area contributed by atoms with Crippen LogP contribution in [0.1, 0.15) is 40.0 Å². The molecule has 1 heterocycles. The molecule has 96 valence electrons. The zero-order valence-electron chi connectivity index (χ0n) is 10.8. The molecule has 1 aliphatic rings. The van der Waals surface area contributed by atoms with Gasteiger partial charge in [-0.05, 0) is 19.3 Å². The predicted molar refractivity (Wildman–Crippen MR) is 65.0 cm³/mol. The molecule has 0 amide bonds. The van der Waals surface area contributed by atoms with Gasteiger partial charge in [-0.15, -0.1) is 0 Å². The number of rotatable bonds is 6. The number of hydrazine groups is 1. The van der Waals surface area contributed by atoms with Crippen LogP contribution < -0.4 is 11.3 Å². The van der Waals surface area contributed by atoms with Crippen molar-refractivity contribution >= 4 is 0 Å². The first-order chi connectivity index (χ1) is 7.64. The number of nitrogens with one attached hydrogen (secondary N) is 1. The summed E-state index contributed by atoms with van der Waals surface area (Å²) in [6.07, 6.45) is 2.90. The Hall–Kier alpha value is -0.160. The molecule has 3 N–H and O–H groups in total. The average molecular weight is 230 g/mol. The number of hydrogen-bond acceptors (Lipinski definition) is 4. The van der Waals surface area contributed by atoms with Crippen LogP contribution >= 0.6 is 0 Å². The zero-order chi connectivity index (χ0) is 12.0. The van der Waals surface area contributed by atoms with Crippen LogP contribution in [0.2, 0.25) is 0 Å². The minimum absolute atomic E-state index is 0.133. The molecule has 0 radical (unpaired) electrons. The van der Waals surface area contributed by atoms with E-state index in [0.29, 0.717) is 5.92 Å². The van der Waals surface area contributed by atoms with Gasteiger partial charge in [0.05, 0.1) is 11.6 Å². The number of nitrogens with two attached hydrogens (primary N) is 1. The van der Waals surface area contributed by atoms with Gasteiger partial charge in [0.2, 0.25) is 0 Å². The Morgan fingerprint density at radius 1 is 1.38 bits per heavy atom. The second-order valence-electron chi connectivity index (χ2n) is 4.96. The first-order valence-corrected chi connectivity index (χ1v) is 6.32. The fraction of sp³-hybridized carbons (Fsp3) is 1.00. The fourth-order valence-electron chi connectivity index (χ4n) is 2.50. The molecule has 0 bridgehead atoms. The minimum Gasteiger partial charge on any atom is -0.381 e. The van der Waals surface area contributed by atoms with Gasteiger partial charge in [-0.25, -0.2) is 0 Å². The molecule has 0 aromatic heterocycles. The highest BCUT2D eigenvalue weighted by molar-refractivity contribution is 4.94. The van der Waals surface area contributed by atoms with Crippen LogP contribution in [0, 0.1) is 5.92 Å². The standard InChI is InChI=1S/C12H26N2O2/c1-4-16-12(5-7-15-8-6-12)11(14-13)9-10(2)3/h10-11,14H,4-9,13H2,1-3H3. The molecular formula is C12H26N2O2. The maximum atomic E-state index is 6.00.